The second kappa shape index (κ2) is 3.96. The minimum absolute atomic E-state index is 0.885. The Hall–Kier alpha value is -1.48. The van der Waals surface area contributed by atoms with Gasteiger partial charge in [-0.15, -0.1) is 21.6 Å². The third kappa shape index (κ3) is 2.23. The van der Waals surface area contributed by atoms with Crippen LogP contribution < -0.4 is 0 Å². The van der Waals surface area contributed by atoms with Crippen LogP contribution in [0.4, 0.5) is 10.7 Å². The van der Waals surface area contributed by atoms with Crippen LogP contribution in [0.1, 0.15) is 0 Å². The molecule has 0 saturated carbocycles. The number of rotatable bonds is 2. The number of azo groups is 1. The van der Waals surface area contributed by atoms with E-state index in [1.54, 1.807) is 11.3 Å². The summed E-state index contributed by atoms with van der Waals surface area (Å²) in [6.07, 6.45) is 0. The van der Waals surface area contributed by atoms with E-state index in [0.29, 0.717) is 0 Å². The van der Waals surface area contributed by atoms with Crippen molar-refractivity contribution in [3.63, 3.8) is 0 Å². The van der Waals surface area contributed by atoms with E-state index in [9.17, 15) is 0 Å². The zero-order chi connectivity index (χ0) is 8.93. The van der Waals surface area contributed by atoms with Gasteiger partial charge in [-0.1, -0.05) is 18.2 Å². The summed E-state index contributed by atoms with van der Waals surface area (Å²) in [6, 6.07) is 13.6. The summed E-state index contributed by atoms with van der Waals surface area (Å²) in [4.78, 5) is 0. The van der Waals surface area contributed by atoms with Crippen molar-refractivity contribution in [2.24, 2.45) is 10.2 Å². The van der Waals surface area contributed by atoms with Gasteiger partial charge in [0.15, 0.2) is 0 Å². The van der Waals surface area contributed by atoms with Gasteiger partial charge in [0.05, 0.1) is 5.69 Å². The Labute approximate surface area is 80.6 Å². The molecule has 0 unspecified atom stereocenters. The van der Waals surface area contributed by atoms with Gasteiger partial charge in [-0.05, 0) is 29.6 Å². The molecule has 0 spiro atoms. The molecule has 0 saturated heterocycles. The number of nitrogens with zero attached hydrogens (tertiary/aromatic N) is 2. The third-order valence-electron chi connectivity index (χ3n) is 1.53. The molecule has 0 aliphatic rings. The molecule has 1 aromatic heterocycles. The van der Waals surface area contributed by atoms with Gasteiger partial charge in [-0.3, -0.25) is 0 Å². The quantitative estimate of drug-likeness (QED) is 0.632. The zero-order valence-corrected chi connectivity index (χ0v) is 7.74. The monoisotopic (exact) mass is 188 g/mol. The summed E-state index contributed by atoms with van der Waals surface area (Å²) in [7, 11) is 0. The predicted octanol–water partition coefficient (Wildman–Crippen LogP) is 4.16. The van der Waals surface area contributed by atoms with Crippen LogP contribution in [0.3, 0.4) is 0 Å². The van der Waals surface area contributed by atoms with Gasteiger partial charge in [0.25, 0.3) is 0 Å². The topological polar surface area (TPSA) is 24.7 Å². The van der Waals surface area contributed by atoms with Gasteiger partial charge >= 0.3 is 0 Å². The predicted molar refractivity (Wildman–Crippen MR) is 54.9 cm³/mol. The molecule has 13 heavy (non-hydrogen) atoms. The summed E-state index contributed by atoms with van der Waals surface area (Å²) >= 11 is 1.58. The Bertz CT molecular complexity index is 379. The molecule has 2 aromatic rings. The fourth-order valence-corrected chi connectivity index (χ4v) is 1.47. The molecule has 0 fully saturated rings. The van der Waals surface area contributed by atoms with Crippen LogP contribution in [0, 0.1) is 0 Å². The third-order valence-corrected chi connectivity index (χ3v) is 2.28. The Morgan fingerprint density at radius 2 is 1.69 bits per heavy atom. The Morgan fingerprint density at radius 1 is 0.846 bits per heavy atom. The van der Waals surface area contributed by atoms with E-state index in [4.69, 9.17) is 0 Å². The lowest BCUT2D eigenvalue weighted by Crippen LogP contribution is -1.59. The SMILES string of the molecule is c1ccc(/N=N/c2cccs2)cc1. The van der Waals surface area contributed by atoms with E-state index in [1.165, 1.54) is 0 Å². The number of benzene rings is 1. The molecule has 2 nitrogen and oxygen atoms in total. The standard InChI is InChI=1S/C10H8N2S/c1-2-5-9(6-3-1)11-12-10-7-4-8-13-10/h1-8H/b12-11+. The molecule has 64 valence electrons. The number of hydrogen-bond acceptors (Lipinski definition) is 3. The first-order valence-corrected chi connectivity index (χ1v) is 4.83. The van der Waals surface area contributed by atoms with E-state index < -0.39 is 0 Å². The molecule has 0 aliphatic carbocycles. The van der Waals surface area contributed by atoms with Gasteiger partial charge in [0.2, 0.25) is 0 Å². The Balaban J connectivity index is 2.15. The largest absolute Gasteiger partial charge is 0.150 e. The molecule has 0 N–H and O–H groups in total. The summed E-state index contributed by atoms with van der Waals surface area (Å²) in [5, 5.41) is 11.1. The fraction of sp³-hybridized carbons (Fsp3) is 0. The Morgan fingerprint density at radius 3 is 2.38 bits per heavy atom. The highest BCUT2D eigenvalue weighted by Gasteiger charge is 1.88. The van der Waals surface area contributed by atoms with Crippen molar-refractivity contribution in [1.29, 1.82) is 0 Å². The first-order chi connectivity index (χ1) is 6.45. The minimum atomic E-state index is 0.885. The first kappa shape index (κ1) is 8.13. The van der Waals surface area contributed by atoms with Crippen molar-refractivity contribution in [3.8, 4) is 0 Å². The molecule has 0 aliphatic heterocycles. The van der Waals surface area contributed by atoms with Gasteiger partial charge < -0.3 is 0 Å². The van der Waals surface area contributed by atoms with E-state index in [-0.39, 0.29) is 0 Å². The Kier molecular flexibility index (Phi) is 2.48. The summed E-state index contributed by atoms with van der Waals surface area (Å²) in [6.45, 7) is 0. The molecular formula is C10H8N2S. The lowest BCUT2D eigenvalue weighted by Gasteiger charge is -1.87. The smallest absolute Gasteiger partial charge is 0.138 e. The van der Waals surface area contributed by atoms with E-state index in [0.717, 1.165) is 10.7 Å². The maximum absolute atomic E-state index is 4.08. The molecule has 0 atom stereocenters. The van der Waals surface area contributed by atoms with Gasteiger partial charge in [-0.2, -0.15) is 0 Å². The molecule has 0 bridgehead atoms. The highest BCUT2D eigenvalue weighted by Crippen LogP contribution is 2.22. The summed E-state index contributed by atoms with van der Waals surface area (Å²) in [5.41, 5.74) is 0.885. The van der Waals surface area contributed by atoms with Crippen LogP contribution in [0.25, 0.3) is 0 Å². The lowest BCUT2D eigenvalue weighted by molar-refractivity contribution is 1.25. The van der Waals surface area contributed by atoms with Crippen molar-refractivity contribution in [3.05, 3.63) is 47.8 Å². The molecule has 1 aromatic carbocycles. The molecule has 0 radical (unpaired) electrons. The van der Waals surface area contributed by atoms with Gasteiger partial charge in [0.1, 0.15) is 5.00 Å². The van der Waals surface area contributed by atoms with E-state index >= 15 is 0 Å². The molecule has 3 heteroatoms. The highest BCUT2D eigenvalue weighted by atomic mass is 32.1. The highest BCUT2D eigenvalue weighted by molar-refractivity contribution is 7.13. The normalized spacial score (nSPS) is 10.8. The molecule has 1 heterocycles. The number of thiophene rings is 1. The minimum Gasteiger partial charge on any atom is -0.150 e. The summed E-state index contributed by atoms with van der Waals surface area (Å²) < 4.78 is 0. The van der Waals surface area contributed by atoms with Crippen molar-refractivity contribution < 1.29 is 0 Å². The van der Waals surface area contributed by atoms with Crippen molar-refractivity contribution in [1.82, 2.24) is 0 Å². The van der Waals surface area contributed by atoms with Crippen LogP contribution >= 0.6 is 11.3 Å². The average molecular weight is 188 g/mol. The summed E-state index contributed by atoms with van der Waals surface area (Å²) in [5.74, 6) is 0. The van der Waals surface area contributed by atoms with Crippen LogP contribution in [-0.2, 0) is 0 Å². The maximum atomic E-state index is 4.08. The van der Waals surface area contributed by atoms with Crippen molar-refractivity contribution >= 4 is 22.0 Å². The van der Waals surface area contributed by atoms with E-state index in [1.807, 2.05) is 47.8 Å². The lowest BCUT2D eigenvalue weighted by atomic mass is 10.3. The molecular weight excluding hydrogens is 180 g/mol. The second-order valence-electron chi connectivity index (χ2n) is 2.49. The molecule has 0 amide bonds. The van der Waals surface area contributed by atoms with Crippen LogP contribution in [0.15, 0.2) is 58.1 Å². The van der Waals surface area contributed by atoms with Crippen molar-refractivity contribution in [2.75, 3.05) is 0 Å². The zero-order valence-electron chi connectivity index (χ0n) is 6.92. The van der Waals surface area contributed by atoms with Gasteiger partial charge in [-0.25, -0.2) is 0 Å². The van der Waals surface area contributed by atoms with Crippen LogP contribution in [-0.4, -0.2) is 0 Å². The van der Waals surface area contributed by atoms with Crippen molar-refractivity contribution in [2.45, 2.75) is 0 Å². The second-order valence-corrected chi connectivity index (χ2v) is 3.41. The molecule has 2 rings (SSSR count). The van der Waals surface area contributed by atoms with Gasteiger partial charge in [0, 0.05) is 0 Å². The van der Waals surface area contributed by atoms with Crippen LogP contribution in [0.2, 0.25) is 0 Å². The number of hydrogen-bond donors (Lipinski definition) is 0. The van der Waals surface area contributed by atoms with Crippen LogP contribution in [0.5, 0.6) is 0 Å². The maximum Gasteiger partial charge on any atom is 0.138 e. The average Bonchev–Trinajstić information content (AvgIpc) is 2.69. The fourth-order valence-electron chi connectivity index (χ4n) is 0.928. The first-order valence-electron chi connectivity index (χ1n) is 3.95. The van der Waals surface area contributed by atoms with E-state index in [2.05, 4.69) is 10.2 Å².